The number of rotatable bonds is 5. The third kappa shape index (κ3) is 5.00. The first kappa shape index (κ1) is 13.1. The van der Waals surface area contributed by atoms with Gasteiger partial charge in [0.15, 0.2) is 5.78 Å². The van der Waals surface area contributed by atoms with Gasteiger partial charge in [-0.2, -0.15) is 0 Å². The summed E-state index contributed by atoms with van der Waals surface area (Å²) in [6.07, 6.45) is 0.716. The second-order valence-electron chi connectivity index (χ2n) is 4.46. The van der Waals surface area contributed by atoms with Gasteiger partial charge in [0.25, 0.3) is 0 Å². The molecule has 1 N–H and O–H groups in total. The molecule has 0 spiro atoms. The van der Waals surface area contributed by atoms with Crippen LogP contribution in [0, 0.1) is 11.8 Å². The molecule has 14 heavy (non-hydrogen) atoms. The first-order valence-corrected chi connectivity index (χ1v) is 5.15. The van der Waals surface area contributed by atoms with Crippen molar-refractivity contribution in [3.63, 3.8) is 0 Å². The summed E-state index contributed by atoms with van der Waals surface area (Å²) in [6, 6.07) is -0.315. The van der Waals surface area contributed by atoms with E-state index < -0.39 is 0 Å². The summed E-state index contributed by atoms with van der Waals surface area (Å²) in [5.74, 6) is 0.332. The minimum Gasteiger partial charge on any atom is -0.346 e. The van der Waals surface area contributed by atoms with Crippen LogP contribution in [0.5, 0.6) is 0 Å². The van der Waals surface area contributed by atoms with Gasteiger partial charge < -0.3 is 5.32 Å². The molecule has 82 valence electrons. The largest absolute Gasteiger partial charge is 0.346 e. The number of ketones is 1. The minimum absolute atomic E-state index is 0.0349. The Bertz CT molecular complexity index is 209. The van der Waals surface area contributed by atoms with Crippen molar-refractivity contribution in [2.75, 3.05) is 0 Å². The quantitative estimate of drug-likeness (QED) is 0.733. The fraction of sp³-hybridized carbons (Fsp3) is 0.818. The molecule has 0 radical (unpaired) electrons. The lowest BCUT2D eigenvalue weighted by Crippen LogP contribution is -2.42. The van der Waals surface area contributed by atoms with Crippen molar-refractivity contribution in [1.29, 1.82) is 0 Å². The van der Waals surface area contributed by atoms with Crippen molar-refractivity contribution in [2.45, 2.75) is 47.1 Å². The van der Waals surface area contributed by atoms with E-state index in [0.29, 0.717) is 12.3 Å². The first-order chi connectivity index (χ1) is 6.34. The van der Waals surface area contributed by atoms with Crippen molar-refractivity contribution in [3.05, 3.63) is 0 Å². The highest BCUT2D eigenvalue weighted by atomic mass is 16.2. The van der Waals surface area contributed by atoms with Gasteiger partial charge in [0.1, 0.15) is 0 Å². The Morgan fingerprint density at radius 1 is 1.14 bits per heavy atom. The van der Waals surface area contributed by atoms with Gasteiger partial charge in [-0.3, -0.25) is 9.59 Å². The molecular weight excluding hydrogens is 178 g/mol. The van der Waals surface area contributed by atoms with E-state index in [4.69, 9.17) is 0 Å². The Hall–Kier alpha value is -0.860. The molecule has 3 nitrogen and oxygen atoms in total. The molecule has 0 aliphatic carbocycles. The summed E-state index contributed by atoms with van der Waals surface area (Å²) < 4.78 is 0. The van der Waals surface area contributed by atoms with E-state index in [-0.39, 0.29) is 23.7 Å². The van der Waals surface area contributed by atoms with Crippen LogP contribution in [0.2, 0.25) is 0 Å². The maximum absolute atomic E-state index is 11.4. The highest BCUT2D eigenvalue weighted by Crippen LogP contribution is 2.06. The van der Waals surface area contributed by atoms with E-state index in [2.05, 4.69) is 5.32 Å². The average molecular weight is 199 g/mol. The monoisotopic (exact) mass is 199 g/mol. The second kappa shape index (κ2) is 5.78. The van der Waals surface area contributed by atoms with Gasteiger partial charge in [0, 0.05) is 5.92 Å². The van der Waals surface area contributed by atoms with E-state index in [9.17, 15) is 9.59 Å². The zero-order valence-electron chi connectivity index (χ0n) is 9.76. The van der Waals surface area contributed by atoms with Gasteiger partial charge >= 0.3 is 0 Å². The lowest BCUT2D eigenvalue weighted by Gasteiger charge is -2.19. The molecule has 0 aliphatic rings. The predicted molar refractivity (Wildman–Crippen MR) is 56.9 cm³/mol. The maximum atomic E-state index is 11.4. The number of carbonyl (C=O) groups is 2. The fourth-order valence-electron chi connectivity index (χ4n) is 1.14. The molecule has 3 heteroatoms. The average Bonchev–Trinajstić information content (AvgIpc) is 2.01. The molecule has 0 aromatic rings. The molecule has 0 rings (SSSR count). The van der Waals surface area contributed by atoms with Crippen molar-refractivity contribution in [3.8, 4) is 0 Å². The van der Waals surface area contributed by atoms with Crippen LogP contribution in [0.25, 0.3) is 0 Å². The van der Waals surface area contributed by atoms with Gasteiger partial charge in [0.2, 0.25) is 5.91 Å². The van der Waals surface area contributed by atoms with E-state index in [1.165, 1.54) is 6.92 Å². The molecular formula is C11H21NO2. The number of amides is 1. The number of nitrogens with one attached hydrogen (secondary N) is 1. The van der Waals surface area contributed by atoms with E-state index in [0.717, 1.165) is 0 Å². The molecule has 0 saturated carbocycles. The van der Waals surface area contributed by atoms with Crippen LogP contribution >= 0.6 is 0 Å². The van der Waals surface area contributed by atoms with Crippen molar-refractivity contribution >= 4 is 11.7 Å². The van der Waals surface area contributed by atoms with Gasteiger partial charge in [0.05, 0.1) is 6.04 Å². The third-order valence-electron chi connectivity index (χ3n) is 2.04. The van der Waals surface area contributed by atoms with Crippen LogP contribution in [-0.4, -0.2) is 17.7 Å². The van der Waals surface area contributed by atoms with Crippen LogP contribution in [0.4, 0.5) is 0 Å². The SMILES string of the molecule is CC(=O)C(CC(C)C)NC(=O)C(C)C. The highest BCUT2D eigenvalue weighted by molar-refractivity contribution is 5.88. The Morgan fingerprint density at radius 3 is 1.93 bits per heavy atom. The summed E-state index contributed by atoms with van der Waals surface area (Å²) >= 11 is 0. The van der Waals surface area contributed by atoms with Crippen molar-refractivity contribution < 1.29 is 9.59 Å². The zero-order valence-corrected chi connectivity index (χ0v) is 9.76. The number of carbonyl (C=O) groups excluding carboxylic acids is 2. The zero-order chi connectivity index (χ0) is 11.3. The minimum atomic E-state index is -0.315. The number of hydrogen-bond donors (Lipinski definition) is 1. The van der Waals surface area contributed by atoms with Crippen molar-refractivity contribution in [2.24, 2.45) is 11.8 Å². The third-order valence-corrected chi connectivity index (χ3v) is 2.04. The predicted octanol–water partition coefficient (Wildman–Crippen LogP) is 1.76. The Kier molecular flexibility index (Phi) is 5.43. The molecule has 0 aromatic carbocycles. The standard InChI is InChI=1S/C11H21NO2/c1-7(2)6-10(9(5)13)12-11(14)8(3)4/h7-8,10H,6H2,1-5H3,(H,12,14). The summed E-state index contributed by atoms with van der Waals surface area (Å²) in [6.45, 7) is 9.24. The fourth-order valence-corrected chi connectivity index (χ4v) is 1.14. The van der Waals surface area contributed by atoms with Crippen LogP contribution in [-0.2, 0) is 9.59 Å². The van der Waals surface area contributed by atoms with Crippen LogP contribution in [0.3, 0.4) is 0 Å². The van der Waals surface area contributed by atoms with Gasteiger partial charge in [-0.25, -0.2) is 0 Å². The number of Topliss-reactive ketones (excluding diaryl/α,β-unsaturated/α-hetero) is 1. The Balaban J connectivity index is 4.23. The van der Waals surface area contributed by atoms with Crippen LogP contribution < -0.4 is 5.32 Å². The molecule has 0 saturated heterocycles. The smallest absolute Gasteiger partial charge is 0.223 e. The molecule has 0 heterocycles. The second-order valence-corrected chi connectivity index (χ2v) is 4.46. The van der Waals surface area contributed by atoms with E-state index >= 15 is 0 Å². The first-order valence-electron chi connectivity index (χ1n) is 5.15. The van der Waals surface area contributed by atoms with Gasteiger partial charge in [-0.15, -0.1) is 0 Å². The van der Waals surface area contributed by atoms with Gasteiger partial charge in [-0.1, -0.05) is 27.7 Å². The van der Waals surface area contributed by atoms with Crippen LogP contribution in [0.1, 0.15) is 41.0 Å². The van der Waals surface area contributed by atoms with E-state index in [1.54, 1.807) is 0 Å². The van der Waals surface area contributed by atoms with Gasteiger partial charge in [-0.05, 0) is 19.3 Å². The highest BCUT2D eigenvalue weighted by Gasteiger charge is 2.19. The topological polar surface area (TPSA) is 46.2 Å². The Morgan fingerprint density at radius 2 is 1.64 bits per heavy atom. The van der Waals surface area contributed by atoms with Crippen LogP contribution in [0.15, 0.2) is 0 Å². The van der Waals surface area contributed by atoms with Crippen molar-refractivity contribution in [1.82, 2.24) is 5.32 Å². The molecule has 1 atom stereocenters. The molecule has 0 aromatic heterocycles. The normalized spacial score (nSPS) is 13.1. The summed E-state index contributed by atoms with van der Waals surface area (Å²) in [5.41, 5.74) is 0. The molecule has 1 amide bonds. The maximum Gasteiger partial charge on any atom is 0.223 e. The lowest BCUT2D eigenvalue weighted by atomic mass is 10.0. The number of hydrogen-bond acceptors (Lipinski definition) is 2. The molecule has 0 fully saturated rings. The van der Waals surface area contributed by atoms with E-state index in [1.807, 2.05) is 27.7 Å². The molecule has 0 bridgehead atoms. The summed E-state index contributed by atoms with van der Waals surface area (Å²) in [4.78, 5) is 22.6. The lowest BCUT2D eigenvalue weighted by molar-refractivity contribution is -0.129. The molecule has 0 aliphatic heterocycles. The Labute approximate surface area is 86.3 Å². The summed E-state index contributed by atoms with van der Waals surface area (Å²) in [5, 5.41) is 2.76. The molecule has 1 unspecified atom stereocenters. The summed E-state index contributed by atoms with van der Waals surface area (Å²) in [7, 11) is 0.